The maximum Gasteiger partial charge on any atom is 0.267 e. The molecule has 24 nitrogen and oxygen atoms in total. The Bertz CT molecular complexity index is 2620. The summed E-state index contributed by atoms with van der Waals surface area (Å²) >= 11 is 0. The third-order valence-corrected chi connectivity index (χ3v) is 22.9. The van der Waals surface area contributed by atoms with Gasteiger partial charge in [0.15, 0.2) is 14.4 Å². The number of amides is 11. The lowest BCUT2D eigenvalue weighted by Gasteiger charge is -2.46. The van der Waals surface area contributed by atoms with Crippen LogP contribution in [0, 0.1) is 41.4 Å². The third-order valence-electron chi connectivity index (χ3n) is 18.5. The molecule has 1 rings (SSSR count). The number of nitrogens with one attached hydrogen (secondary N) is 4. The summed E-state index contributed by atoms with van der Waals surface area (Å²) in [5, 5.41) is 10.2. The number of carbonyl (C=O) groups excluding carboxylic acids is 12. The van der Waals surface area contributed by atoms with Gasteiger partial charge in [0, 0.05) is 55.8 Å². The third kappa shape index (κ3) is 22.8. The number of aldehydes is 1. The second kappa shape index (κ2) is 36.8. The Balaban J connectivity index is 4.67. The number of hydrogen-bond acceptors (Lipinski definition) is 13. The van der Waals surface area contributed by atoms with Gasteiger partial charge in [-0.25, -0.2) is 8.78 Å². The highest BCUT2D eigenvalue weighted by atomic mass is 28.4. The van der Waals surface area contributed by atoms with E-state index >= 15 is 28.0 Å². The van der Waals surface area contributed by atoms with Crippen LogP contribution in [-0.4, -0.2) is 242 Å². The number of alkyl halides is 2. The minimum Gasteiger partial charge on any atom is -0.411 e. The van der Waals surface area contributed by atoms with E-state index < -0.39 is 175 Å². The molecular formula is C67H121F2N11O13Si. The van der Waals surface area contributed by atoms with Crippen LogP contribution in [0.15, 0.2) is 0 Å². The van der Waals surface area contributed by atoms with Crippen molar-refractivity contribution >= 4 is 79.6 Å². The summed E-state index contributed by atoms with van der Waals surface area (Å²) in [5.74, 6) is -12.5. The summed E-state index contributed by atoms with van der Waals surface area (Å²) in [7, 11) is 6.05. The van der Waals surface area contributed by atoms with E-state index in [0.29, 0.717) is 11.2 Å². The quantitative estimate of drug-likeness (QED) is 0.0968. The second-order valence-corrected chi connectivity index (χ2v) is 34.8. The smallest absolute Gasteiger partial charge is 0.267 e. The zero-order valence-corrected chi connectivity index (χ0v) is 63.1. The molecule has 11 amide bonds. The molecule has 1 saturated heterocycles. The van der Waals surface area contributed by atoms with Crippen LogP contribution in [0.1, 0.15) is 170 Å². The number of hydrogen-bond donors (Lipinski definition) is 4. The fourth-order valence-electron chi connectivity index (χ4n) is 11.5. The van der Waals surface area contributed by atoms with Gasteiger partial charge in [0.05, 0.1) is 6.10 Å². The van der Waals surface area contributed by atoms with E-state index in [2.05, 4.69) is 21.3 Å². The molecule has 1 aliphatic heterocycles. The number of carbonyl (C=O) groups is 12. The Kier molecular flexibility index (Phi) is 33.7. The van der Waals surface area contributed by atoms with Gasteiger partial charge >= 0.3 is 0 Å². The summed E-state index contributed by atoms with van der Waals surface area (Å²) in [6.45, 7) is 36.8. The first-order valence-electron chi connectivity index (χ1n) is 33.5. The minimum absolute atomic E-state index is 0.0817. The standard InChI is InChI=1S/C67H121F2N11O13Si/c1-29-45-61(87)80(26)53(55(68)69)66(92)75(21)47(33-37(4)5)58(84)73-50(40(10)11)64(90)74(20)46(32-36(2)3)57(83)70-43(15)56(82)71-44(16)60(86)76(22)48(34-38(6)7)62(88)77(23)49(35-39(8)9)63(89)78(24)51(41(12)13)65(91)79(25)52(59(85)72-45)54(42(14)30-31-81)93-94(27,28)67(17,18)19/h31,36-55H,29-30,32-35H2,1-28H3,(H,70,83)(H,71,82)(H,72,85)(H,73,84)/t42-,43+,44-,45+,46+,47+,48+,49+,50+,51+,52+,53-,54-/m1/s1. The van der Waals surface area contributed by atoms with Crippen LogP contribution in [0.3, 0.4) is 0 Å². The fraction of sp³-hybridized carbons (Fsp3) is 0.821. The van der Waals surface area contributed by atoms with Crippen molar-refractivity contribution in [2.45, 2.75) is 267 Å². The predicted molar refractivity (Wildman–Crippen MR) is 361 cm³/mol. The van der Waals surface area contributed by atoms with Crippen LogP contribution in [0.25, 0.3) is 0 Å². The van der Waals surface area contributed by atoms with Crippen molar-refractivity contribution in [2.24, 2.45) is 41.4 Å². The van der Waals surface area contributed by atoms with Crippen molar-refractivity contribution < 1.29 is 70.7 Å². The maximum absolute atomic E-state index is 15.7. The van der Waals surface area contributed by atoms with Gasteiger partial charge < -0.3 is 64.8 Å². The van der Waals surface area contributed by atoms with Gasteiger partial charge in [-0.2, -0.15) is 0 Å². The van der Waals surface area contributed by atoms with Gasteiger partial charge in [0.2, 0.25) is 59.1 Å². The van der Waals surface area contributed by atoms with E-state index in [1.807, 2.05) is 75.4 Å². The summed E-state index contributed by atoms with van der Waals surface area (Å²) in [5.41, 5.74) is 0. The van der Waals surface area contributed by atoms with E-state index in [1.165, 1.54) is 70.7 Å². The molecule has 0 aromatic carbocycles. The highest BCUT2D eigenvalue weighted by molar-refractivity contribution is 6.74. The van der Waals surface area contributed by atoms with Crippen LogP contribution >= 0.6 is 0 Å². The summed E-state index contributed by atoms with van der Waals surface area (Å²) in [4.78, 5) is 183. The van der Waals surface area contributed by atoms with Crippen molar-refractivity contribution in [1.82, 2.24) is 55.6 Å². The van der Waals surface area contributed by atoms with E-state index in [4.69, 9.17) is 4.43 Å². The molecule has 0 saturated carbocycles. The summed E-state index contributed by atoms with van der Waals surface area (Å²) in [6.07, 6.45) is -4.42. The van der Waals surface area contributed by atoms with Gasteiger partial charge in [-0.15, -0.1) is 0 Å². The zero-order valence-electron chi connectivity index (χ0n) is 62.1. The van der Waals surface area contributed by atoms with Crippen molar-refractivity contribution in [2.75, 3.05) is 49.3 Å². The monoisotopic (exact) mass is 1350 g/mol. The minimum atomic E-state index is -3.56. The highest BCUT2D eigenvalue weighted by Crippen LogP contribution is 2.40. The highest BCUT2D eigenvalue weighted by Gasteiger charge is 2.50. The molecule has 0 bridgehead atoms. The predicted octanol–water partition coefficient (Wildman–Crippen LogP) is 5.56. The molecule has 1 heterocycles. The van der Waals surface area contributed by atoms with Gasteiger partial charge in [0.25, 0.3) is 12.3 Å². The van der Waals surface area contributed by atoms with Crippen LogP contribution in [0.5, 0.6) is 0 Å². The summed E-state index contributed by atoms with van der Waals surface area (Å²) < 4.78 is 38.5. The maximum atomic E-state index is 15.7. The molecule has 4 N–H and O–H groups in total. The average Bonchev–Trinajstić information content (AvgIpc) is 0.796. The molecule has 540 valence electrons. The lowest BCUT2D eigenvalue weighted by Crippen LogP contribution is -2.65. The van der Waals surface area contributed by atoms with Crippen molar-refractivity contribution in [3.63, 3.8) is 0 Å². The Labute approximate surface area is 561 Å². The Morgan fingerprint density at radius 1 is 0.457 bits per heavy atom. The molecule has 94 heavy (non-hydrogen) atoms. The van der Waals surface area contributed by atoms with Gasteiger partial charge in [-0.3, -0.25) is 52.7 Å². The molecule has 0 aliphatic carbocycles. The molecule has 0 aromatic heterocycles. The Morgan fingerprint density at radius 3 is 1.23 bits per heavy atom. The Morgan fingerprint density at radius 2 is 0.830 bits per heavy atom. The van der Waals surface area contributed by atoms with Crippen LogP contribution in [0.2, 0.25) is 18.1 Å². The lowest BCUT2D eigenvalue weighted by molar-refractivity contribution is -0.158. The van der Waals surface area contributed by atoms with Crippen molar-refractivity contribution in [3.8, 4) is 0 Å². The molecular weight excluding hydrogens is 1230 g/mol. The van der Waals surface area contributed by atoms with Crippen LogP contribution in [0.4, 0.5) is 8.78 Å². The first-order chi connectivity index (χ1) is 43.0. The van der Waals surface area contributed by atoms with Gasteiger partial charge in [-0.1, -0.05) is 118 Å². The Hall–Kier alpha value is -6.12. The number of nitrogens with zero attached hydrogens (tertiary/aromatic N) is 7. The van der Waals surface area contributed by atoms with E-state index in [9.17, 15) is 38.4 Å². The van der Waals surface area contributed by atoms with Crippen molar-refractivity contribution in [3.05, 3.63) is 0 Å². The molecule has 13 atom stereocenters. The first kappa shape index (κ1) is 85.9. The zero-order chi connectivity index (χ0) is 73.4. The first-order valence-corrected chi connectivity index (χ1v) is 36.4. The molecule has 1 fully saturated rings. The average molecular weight is 1350 g/mol. The van der Waals surface area contributed by atoms with Crippen LogP contribution < -0.4 is 21.3 Å². The summed E-state index contributed by atoms with van der Waals surface area (Å²) in [6, 6.07) is -16.3. The molecule has 0 unspecified atom stereocenters. The van der Waals surface area contributed by atoms with E-state index in [0.717, 1.165) is 28.8 Å². The van der Waals surface area contributed by atoms with E-state index in [-0.39, 0.29) is 62.2 Å². The van der Waals surface area contributed by atoms with Crippen LogP contribution in [-0.2, 0) is 62.0 Å². The normalized spacial score (nSPS) is 26.6. The number of halogens is 2. The molecule has 27 heteroatoms. The van der Waals surface area contributed by atoms with E-state index in [1.54, 1.807) is 48.5 Å². The molecule has 0 spiro atoms. The topological polar surface area (TPSA) is 285 Å². The fourth-order valence-corrected chi connectivity index (χ4v) is 12.9. The molecule has 0 radical (unpaired) electrons. The second-order valence-electron chi connectivity index (χ2n) is 30.0. The van der Waals surface area contributed by atoms with Gasteiger partial charge in [-0.05, 0) is 106 Å². The largest absolute Gasteiger partial charge is 0.411 e. The SMILES string of the molecule is CC[C@@H]1NC(=O)[C@H]([C@H](O[Si](C)(C)C(C)(C)C)[C@H](C)CC=O)N(C)C(=O)[C@H](C(C)C)N(C)C(=O)[C@H](CC(C)C)N(C)C(=O)[C@H](CC(C)C)N(C)C(=O)[C@@H](C)NC(=O)[C@H](C)NC(=O)[C@H](CC(C)C)N(C)C(=O)[C@H](C(C)C)NC(=O)[C@H](CC(C)C)N(C)C(=O)[C@@H](C(F)F)N(C)C1=O. The molecule has 1 aliphatic rings. The number of rotatable bonds is 18. The molecule has 0 aromatic rings. The van der Waals surface area contributed by atoms with Crippen molar-refractivity contribution in [1.29, 1.82) is 0 Å². The number of likely N-dealkylation sites (N-methyl/N-ethyl adjacent to an activating group) is 7. The van der Waals surface area contributed by atoms with Gasteiger partial charge in [0.1, 0.15) is 66.7 Å². The lowest BCUT2D eigenvalue weighted by atomic mass is 9.91.